The quantitative estimate of drug-likeness (QED) is 0.465. The lowest BCUT2D eigenvalue weighted by Crippen LogP contribution is -2.42. The van der Waals surface area contributed by atoms with Crippen molar-refractivity contribution in [2.75, 3.05) is 45.6 Å². The van der Waals surface area contributed by atoms with Gasteiger partial charge in [-0.25, -0.2) is 4.79 Å². The molecule has 2 heterocycles. The number of hydrogen-bond donors (Lipinski definition) is 0. The van der Waals surface area contributed by atoms with E-state index in [4.69, 9.17) is 9.47 Å². The number of carbonyl (C=O) groups excluding carboxylic acids is 4. The first-order valence-corrected chi connectivity index (χ1v) is 11.5. The number of nitrogens with zero attached hydrogens (tertiary/aromatic N) is 2. The Balaban J connectivity index is 1.48. The minimum absolute atomic E-state index is 0.0659. The molecule has 31 heavy (non-hydrogen) atoms. The molecule has 9 heteroatoms. The average Bonchev–Trinajstić information content (AvgIpc) is 3.35. The normalized spacial score (nSPS) is 16.8. The van der Waals surface area contributed by atoms with Crippen LogP contribution in [-0.4, -0.2) is 79.2 Å². The third-order valence-electron chi connectivity index (χ3n) is 5.63. The number of likely N-dealkylation sites (tertiary alicyclic amines) is 2. The van der Waals surface area contributed by atoms with Gasteiger partial charge in [0.15, 0.2) is 6.61 Å². The molecule has 0 N–H and O–H groups in total. The number of benzene rings is 1. The van der Waals surface area contributed by atoms with Crippen LogP contribution in [0.2, 0.25) is 0 Å². The number of carbonyl (C=O) groups is 4. The Morgan fingerprint density at radius 3 is 2.29 bits per heavy atom. The standard InChI is InChI=1S/C22H28N2O6S/c1-29-21(27)16-8-12-24(13-9-16)19(25)14-30-22(28)17-6-2-3-7-18(17)31-15-20(26)23-10-4-5-11-23/h2-3,6-7,16H,4-5,8-15H2,1H3. The van der Waals surface area contributed by atoms with Gasteiger partial charge in [0, 0.05) is 31.1 Å². The summed E-state index contributed by atoms with van der Waals surface area (Å²) in [5, 5.41) is 0. The van der Waals surface area contributed by atoms with E-state index in [1.165, 1.54) is 18.9 Å². The fourth-order valence-electron chi connectivity index (χ4n) is 3.79. The summed E-state index contributed by atoms with van der Waals surface area (Å²) in [5.74, 6) is -0.991. The third kappa shape index (κ3) is 6.22. The van der Waals surface area contributed by atoms with Crippen LogP contribution in [-0.2, 0) is 23.9 Å². The Morgan fingerprint density at radius 1 is 0.968 bits per heavy atom. The highest BCUT2D eigenvalue weighted by molar-refractivity contribution is 8.00. The number of amides is 2. The van der Waals surface area contributed by atoms with Gasteiger partial charge in [-0.3, -0.25) is 14.4 Å². The van der Waals surface area contributed by atoms with Crippen molar-refractivity contribution in [3.63, 3.8) is 0 Å². The van der Waals surface area contributed by atoms with Crippen LogP contribution in [0.1, 0.15) is 36.0 Å². The Hall–Kier alpha value is -2.55. The Labute approximate surface area is 186 Å². The summed E-state index contributed by atoms with van der Waals surface area (Å²) in [6.45, 7) is 2.10. The van der Waals surface area contributed by atoms with E-state index in [1.807, 2.05) is 4.90 Å². The summed E-state index contributed by atoms with van der Waals surface area (Å²) in [5.41, 5.74) is 0.346. The molecule has 2 aliphatic rings. The summed E-state index contributed by atoms with van der Waals surface area (Å²) in [4.78, 5) is 53.0. The van der Waals surface area contributed by atoms with Crippen LogP contribution in [0.15, 0.2) is 29.2 Å². The van der Waals surface area contributed by atoms with Crippen molar-refractivity contribution >= 4 is 35.5 Å². The van der Waals surface area contributed by atoms with Gasteiger partial charge in [-0.2, -0.15) is 0 Å². The maximum absolute atomic E-state index is 12.6. The zero-order valence-corrected chi connectivity index (χ0v) is 18.5. The molecule has 2 aliphatic heterocycles. The van der Waals surface area contributed by atoms with Crippen LogP contribution < -0.4 is 0 Å². The topological polar surface area (TPSA) is 93.2 Å². The van der Waals surface area contributed by atoms with Crippen molar-refractivity contribution in [1.82, 2.24) is 9.80 Å². The average molecular weight is 449 g/mol. The molecule has 3 rings (SSSR count). The summed E-state index contributed by atoms with van der Waals surface area (Å²) >= 11 is 1.31. The van der Waals surface area contributed by atoms with E-state index in [1.54, 1.807) is 29.2 Å². The van der Waals surface area contributed by atoms with E-state index in [2.05, 4.69) is 0 Å². The number of rotatable bonds is 7. The van der Waals surface area contributed by atoms with Gasteiger partial charge in [0.1, 0.15) is 0 Å². The number of hydrogen-bond acceptors (Lipinski definition) is 7. The predicted molar refractivity (Wildman–Crippen MR) is 115 cm³/mol. The molecule has 0 aliphatic carbocycles. The zero-order chi connectivity index (χ0) is 22.2. The van der Waals surface area contributed by atoms with E-state index < -0.39 is 5.97 Å². The van der Waals surface area contributed by atoms with Gasteiger partial charge < -0.3 is 19.3 Å². The Morgan fingerprint density at radius 2 is 1.61 bits per heavy atom. The lowest BCUT2D eigenvalue weighted by atomic mass is 9.97. The molecule has 0 radical (unpaired) electrons. The number of esters is 2. The van der Waals surface area contributed by atoms with Gasteiger partial charge in [-0.1, -0.05) is 12.1 Å². The van der Waals surface area contributed by atoms with Crippen molar-refractivity contribution < 1.29 is 28.7 Å². The van der Waals surface area contributed by atoms with Crippen molar-refractivity contribution in [2.24, 2.45) is 5.92 Å². The van der Waals surface area contributed by atoms with Crippen LogP contribution in [0.4, 0.5) is 0 Å². The first-order valence-electron chi connectivity index (χ1n) is 10.5. The highest BCUT2D eigenvalue weighted by Crippen LogP contribution is 2.25. The second-order valence-electron chi connectivity index (χ2n) is 7.63. The first kappa shape index (κ1) is 23.1. The molecular weight excluding hydrogens is 420 g/mol. The summed E-state index contributed by atoms with van der Waals surface area (Å²) in [6, 6.07) is 6.94. The third-order valence-corrected chi connectivity index (χ3v) is 6.68. The smallest absolute Gasteiger partial charge is 0.339 e. The van der Waals surface area contributed by atoms with E-state index in [-0.39, 0.29) is 36.1 Å². The largest absolute Gasteiger partial charge is 0.469 e. The van der Waals surface area contributed by atoms with Crippen LogP contribution in [0.25, 0.3) is 0 Å². The number of methoxy groups -OCH3 is 1. The fraction of sp³-hybridized carbons (Fsp3) is 0.545. The monoisotopic (exact) mass is 448 g/mol. The first-order chi connectivity index (χ1) is 15.0. The predicted octanol–water partition coefficient (Wildman–Crippen LogP) is 1.97. The van der Waals surface area contributed by atoms with Gasteiger partial charge in [0.05, 0.1) is 24.3 Å². The van der Waals surface area contributed by atoms with E-state index in [0.29, 0.717) is 36.4 Å². The van der Waals surface area contributed by atoms with Gasteiger partial charge in [0.25, 0.3) is 5.91 Å². The van der Waals surface area contributed by atoms with Gasteiger partial charge in [-0.15, -0.1) is 11.8 Å². The molecule has 0 unspecified atom stereocenters. The molecule has 8 nitrogen and oxygen atoms in total. The zero-order valence-electron chi connectivity index (χ0n) is 17.7. The molecule has 0 saturated carbocycles. The van der Waals surface area contributed by atoms with Crippen molar-refractivity contribution in [1.29, 1.82) is 0 Å². The molecule has 1 aromatic rings. The molecule has 168 valence electrons. The van der Waals surface area contributed by atoms with E-state index in [9.17, 15) is 19.2 Å². The molecular formula is C22H28N2O6S. The minimum atomic E-state index is -0.588. The lowest BCUT2D eigenvalue weighted by Gasteiger charge is -2.30. The van der Waals surface area contributed by atoms with E-state index in [0.717, 1.165) is 25.9 Å². The van der Waals surface area contributed by atoms with Crippen molar-refractivity contribution in [2.45, 2.75) is 30.6 Å². The molecule has 2 fully saturated rings. The molecule has 2 saturated heterocycles. The Bertz CT molecular complexity index is 816. The second kappa shape index (κ2) is 11.2. The van der Waals surface area contributed by atoms with E-state index >= 15 is 0 Å². The Kier molecular flexibility index (Phi) is 8.34. The lowest BCUT2D eigenvalue weighted by molar-refractivity contribution is -0.149. The van der Waals surface area contributed by atoms with Crippen LogP contribution >= 0.6 is 11.8 Å². The highest BCUT2D eigenvalue weighted by atomic mass is 32.2. The maximum Gasteiger partial charge on any atom is 0.339 e. The molecule has 0 spiro atoms. The molecule has 2 amide bonds. The number of ether oxygens (including phenoxy) is 2. The number of thioether (sulfide) groups is 1. The minimum Gasteiger partial charge on any atom is -0.469 e. The summed E-state index contributed by atoms with van der Waals surface area (Å²) in [6.07, 6.45) is 3.15. The van der Waals surface area contributed by atoms with Gasteiger partial charge in [0.2, 0.25) is 5.91 Å². The summed E-state index contributed by atoms with van der Waals surface area (Å²) in [7, 11) is 1.36. The molecule has 0 bridgehead atoms. The molecule has 1 aromatic carbocycles. The second-order valence-corrected chi connectivity index (χ2v) is 8.64. The van der Waals surface area contributed by atoms with Crippen molar-refractivity contribution in [3.8, 4) is 0 Å². The van der Waals surface area contributed by atoms with Gasteiger partial charge >= 0.3 is 11.9 Å². The van der Waals surface area contributed by atoms with Crippen LogP contribution in [0.5, 0.6) is 0 Å². The SMILES string of the molecule is COC(=O)C1CCN(C(=O)COC(=O)c2ccccc2SCC(=O)N2CCCC2)CC1. The molecule has 0 aromatic heterocycles. The van der Waals surface area contributed by atoms with Crippen molar-refractivity contribution in [3.05, 3.63) is 29.8 Å². The highest BCUT2D eigenvalue weighted by Gasteiger charge is 2.28. The molecule has 0 atom stereocenters. The van der Waals surface area contributed by atoms with Crippen LogP contribution in [0.3, 0.4) is 0 Å². The fourth-order valence-corrected chi connectivity index (χ4v) is 4.73. The summed E-state index contributed by atoms with van der Waals surface area (Å²) < 4.78 is 10.0. The van der Waals surface area contributed by atoms with Gasteiger partial charge in [-0.05, 0) is 37.8 Å². The van der Waals surface area contributed by atoms with Crippen LogP contribution in [0, 0.1) is 5.92 Å². The number of piperidine rings is 1. The maximum atomic E-state index is 12.6.